The Morgan fingerprint density at radius 3 is 2.41 bits per heavy atom. The molecule has 3 saturated heterocycles. The van der Waals surface area contributed by atoms with Crippen LogP contribution in [0.3, 0.4) is 0 Å². The van der Waals surface area contributed by atoms with Crippen LogP contribution in [-0.4, -0.2) is 36.6 Å². The van der Waals surface area contributed by atoms with Crippen LogP contribution in [-0.2, 0) is 19.8 Å². The highest BCUT2D eigenvalue weighted by Gasteiger charge is 2.71. The molecule has 0 amide bonds. The molecule has 29 heavy (non-hydrogen) atoms. The quantitative estimate of drug-likeness (QED) is 0.551. The minimum atomic E-state index is -0.681. The summed E-state index contributed by atoms with van der Waals surface area (Å²) in [5, 5.41) is 0. The number of ether oxygens (including phenoxy) is 4. The van der Waals surface area contributed by atoms with Crippen molar-refractivity contribution in [3.63, 3.8) is 0 Å². The second kappa shape index (κ2) is 6.30. The van der Waals surface area contributed by atoms with Crippen molar-refractivity contribution >= 4 is 0 Å². The Balaban J connectivity index is 1.56. The summed E-state index contributed by atoms with van der Waals surface area (Å²) in [4.78, 5) is 11.9. The van der Waals surface area contributed by atoms with E-state index in [9.17, 15) is 4.79 Å². The van der Waals surface area contributed by atoms with Gasteiger partial charge in [-0.3, -0.25) is 0 Å². The molecule has 158 valence electrons. The maximum absolute atomic E-state index is 11.9. The summed E-state index contributed by atoms with van der Waals surface area (Å²) in [6.45, 7) is 14.1. The van der Waals surface area contributed by atoms with Crippen LogP contribution in [0.4, 0.5) is 0 Å². The van der Waals surface area contributed by atoms with E-state index in [1.807, 2.05) is 20.8 Å². The van der Waals surface area contributed by atoms with Crippen LogP contribution < -0.4 is 10.4 Å². The maximum Gasteiger partial charge on any atom is 0.339 e. The summed E-state index contributed by atoms with van der Waals surface area (Å²) >= 11 is 0. The largest absolute Gasteiger partial charge is 0.496 e. The van der Waals surface area contributed by atoms with Crippen molar-refractivity contribution in [3.05, 3.63) is 51.1 Å². The van der Waals surface area contributed by atoms with E-state index in [1.165, 1.54) is 6.07 Å². The number of fused-ring (bicyclic) bond motifs is 1. The third-order valence-corrected chi connectivity index (χ3v) is 6.62. The summed E-state index contributed by atoms with van der Waals surface area (Å²) in [7, 11) is 1.54. The first-order valence-electron chi connectivity index (χ1n) is 10.0. The van der Waals surface area contributed by atoms with Crippen LogP contribution >= 0.6 is 0 Å². The van der Waals surface area contributed by atoms with Crippen LogP contribution in [0.2, 0.25) is 0 Å². The van der Waals surface area contributed by atoms with E-state index in [-0.39, 0.29) is 23.9 Å². The first-order valence-corrected chi connectivity index (χ1v) is 10.0. The second-order valence-corrected chi connectivity index (χ2v) is 9.10. The average molecular weight is 402 g/mol. The van der Waals surface area contributed by atoms with Gasteiger partial charge in [0.25, 0.3) is 0 Å². The highest BCUT2D eigenvalue weighted by atomic mass is 16.7. The molecule has 1 aromatic rings. The standard InChI is InChI=1S/C23H30O6/c1-12(11-21(5)20-22(6,29-20)15(4)27-21)9-13(2)18-23(7,28-18)19-14(3)16(25-8)10-17(24)26-19/h9-11,15,18,20H,1-8H3/b12-11+,13-9+/t15-,18+,20+,21+,22-,23-/m1/s1. The van der Waals surface area contributed by atoms with E-state index in [1.54, 1.807) is 7.11 Å². The lowest BCUT2D eigenvalue weighted by atomic mass is 9.92. The Labute approximate surface area is 171 Å². The van der Waals surface area contributed by atoms with E-state index < -0.39 is 16.8 Å². The molecule has 6 nitrogen and oxygen atoms in total. The molecular weight excluding hydrogens is 372 g/mol. The summed E-state index contributed by atoms with van der Waals surface area (Å²) in [6.07, 6.45) is 4.22. The van der Waals surface area contributed by atoms with Crippen molar-refractivity contribution in [2.75, 3.05) is 7.11 Å². The van der Waals surface area contributed by atoms with Crippen molar-refractivity contribution < 1.29 is 23.4 Å². The van der Waals surface area contributed by atoms with Crippen LogP contribution in [0.25, 0.3) is 0 Å². The molecule has 1 aromatic heterocycles. The molecule has 4 rings (SSSR count). The fourth-order valence-electron chi connectivity index (χ4n) is 4.94. The summed E-state index contributed by atoms with van der Waals surface area (Å²) in [6, 6.07) is 1.35. The smallest absolute Gasteiger partial charge is 0.339 e. The molecule has 0 bridgehead atoms. The van der Waals surface area contributed by atoms with Crippen LogP contribution in [0.1, 0.15) is 52.9 Å². The minimum Gasteiger partial charge on any atom is -0.496 e. The zero-order valence-electron chi connectivity index (χ0n) is 18.4. The number of hydrogen-bond donors (Lipinski definition) is 0. The van der Waals surface area contributed by atoms with E-state index in [4.69, 9.17) is 23.4 Å². The van der Waals surface area contributed by atoms with Crippen molar-refractivity contribution in [1.82, 2.24) is 0 Å². The van der Waals surface area contributed by atoms with Gasteiger partial charge in [-0.1, -0.05) is 11.6 Å². The molecule has 0 unspecified atom stereocenters. The summed E-state index contributed by atoms with van der Waals surface area (Å²) in [5.74, 6) is 1.03. The highest BCUT2D eigenvalue weighted by Crippen LogP contribution is 2.56. The molecule has 0 aliphatic carbocycles. The third-order valence-electron chi connectivity index (χ3n) is 6.62. The van der Waals surface area contributed by atoms with Gasteiger partial charge in [-0.25, -0.2) is 4.79 Å². The summed E-state index contributed by atoms with van der Waals surface area (Å²) < 4.78 is 28.9. The number of hydrogen-bond acceptors (Lipinski definition) is 6. The van der Waals surface area contributed by atoms with Gasteiger partial charge in [-0.05, 0) is 60.1 Å². The van der Waals surface area contributed by atoms with E-state index in [2.05, 4.69) is 39.8 Å². The van der Waals surface area contributed by atoms with E-state index in [0.29, 0.717) is 11.5 Å². The third kappa shape index (κ3) is 3.09. The molecule has 0 aromatic carbocycles. The lowest BCUT2D eigenvalue weighted by Crippen LogP contribution is -2.30. The van der Waals surface area contributed by atoms with E-state index >= 15 is 0 Å². The van der Waals surface area contributed by atoms with Gasteiger partial charge in [0.2, 0.25) is 0 Å². The second-order valence-electron chi connectivity index (χ2n) is 9.10. The maximum atomic E-state index is 11.9. The molecule has 3 fully saturated rings. The lowest BCUT2D eigenvalue weighted by Gasteiger charge is -2.24. The Kier molecular flexibility index (Phi) is 4.43. The lowest BCUT2D eigenvalue weighted by molar-refractivity contribution is -0.0719. The molecule has 6 heteroatoms. The molecule has 3 aliphatic rings. The predicted molar refractivity (Wildman–Crippen MR) is 108 cm³/mol. The number of allylic oxidation sites excluding steroid dienone is 2. The highest BCUT2D eigenvalue weighted by molar-refractivity contribution is 5.41. The molecule has 0 saturated carbocycles. The first kappa shape index (κ1) is 20.4. The Morgan fingerprint density at radius 1 is 1.17 bits per heavy atom. The Hall–Kier alpha value is -1.89. The molecule has 0 spiro atoms. The fraction of sp³-hybridized carbons (Fsp3) is 0.609. The van der Waals surface area contributed by atoms with Gasteiger partial charge in [0.05, 0.1) is 19.3 Å². The number of methoxy groups -OCH3 is 1. The molecule has 0 N–H and O–H groups in total. The van der Waals surface area contributed by atoms with Gasteiger partial charge in [0.15, 0.2) is 5.60 Å². The number of rotatable bonds is 5. The van der Waals surface area contributed by atoms with Gasteiger partial charge >= 0.3 is 5.63 Å². The van der Waals surface area contributed by atoms with Gasteiger partial charge in [0.1, 0.15) is 34.9 Å². The average Bonchev–Trinajstić information content (AvgIpc) is 3.50. The predicted octanol–water partition coefficient (Wildman–Crippen LogP) is 3.80. The minimum absolute atomic E-state index is 0.0700. The zero-order valence-corrected chi connectivity index (χ0v) is 18.4. The van der Waals surface area contributed by atoms with Crippen molar-refractivity contribution in [2.45, 2.75) is 83.6 Å². The SMILES string of the molecule is COc1cc(=O)oc([C@]2(C)O[C@H]2/C(C)=C/C(C)=C/[C@]2(C)O[C@H](C)[C@@]3(C)O[C@H]32)c1C. The van der Waals surface area contributed by atoms with Crippen LogP contribution in [0.15, 0.2) is 38.6 Å². The van der Waals surface area contributed by atoms with Gasteiger partial charge in [-0.2, -0.15) is 0 Å². The normalized spacial score (nSPS) is 41.3. The first-order chi connectivity index (χ1) is 13.4. The summed E-state index contributed by atoms with van der Waals surface area (Å²) in [5.41, 5.74) is 1.19. The van der Waals surface area contributed by atoms with Gasteiger partial charge in [-0.15, -0.1) is 0 Å². The van der Waals surface area contributed by atoms with Crippen LogP contribution in [0.5, 0.6) is 5.75 Å². The van der Waals surface area contributed by atoms with Crippen molar-refractivity contribution in [2.24, 2.45) is 0 Å². The Morgan fingerprint density at radius 2 is 1.86 bits per heavy atom. The van der Waals surface area contributed by atoms with E-state index in [0.717, 1.165) is 16.7 Å². The monoisotopic (exact) mass is 402 g/mol. The topological polar surface area (TPSA) is 73.7 Å². The Bertz CT molecular complexity index is 974. The van der Waals surface area contributed by atoms with Crippen molar-refractivity contribution in [3.8, 4) is 5.75 Å². The fourth-order valence-corrected chi connectivity index (χ4v) is 4.94. The molecular formula is C23H30O6. The molecule has 3 aliphatic heterocycles. The molecule has 4 heterocycles. The number of epoxide rings is 2. The van der Waals surface area contributed by atoms with Gasteiger partial charge < -0.3 is 23.4 Å². The van der Waals surface area contributed by atoms with Crippen molar-refractivity contribution in [1.29, 1.82) is 0 Å². The van der Waals surface area contributed by atoms with Crippen LogP contribution in [0, 0.1) is 6.92 Å². The van der Waals surface area contributed by atoms with Gasteiger partial charge in [0, 0.05) is 5.56 Å². The molecule has 0 radical (unpaired) electrons. The molecule has 6 atom stereocenters. The zero-order chi connectivity index (χ0) is 21.4.